The molecule has 1 aromatic heterocycles. The van der Waals surface area contributed by atoms with Gasteiger partial charge in [-0.1, -0.05) is 42.3 Å². The Morgan fingerprint density at radius 3 is 2.67 bits per heavy atom. The fraction of sp³-hybridized carbons (Fsp3) is 0.286. The van der Waals surface area contributed by atoms with Gasteiger partial charge in [-0.3, -0.25) is 9.69 Å². The number of benzene rings is 2. The summed E-state index contributed by atoms with van der Waals surface area (Å²) in [5, 5.41) is 12.0. The second-order valence-electron chi connectivity index (χ2n) is 6.59. The minimum atomic E-state index is -0.171. The number of halogens is 2. The summed E-state index contributed by atoms with van der Waals surface area (Å²) in [6, 6.07) is 12.4. The summed E-state index contributed by atoms with van der Waals surface area (Å²) in [6.07, 6.45) is 0.868. The van der Waals surface area contributed by atoms with Crippen molar-refractivity contribution in [3.05, 3.63) is 58.4 Å². The Hall–Kier alpha value is -2.61. The van der Waals surface area contributed by atoms with Crippen LogP contribution in [0.5, 0.6) is 5.75 Å². The Bertz CT molecular complexity index is 1010. The average molecular weight is 449 g/mol. The lowest BCUT2D eigenvalue weighted by Gasteiger charge is -2.19. The summed E-state index contributed by atoms with van der Waals surface area (Å²) in [5.41, 5.74) is 1.27. The number of rotatable bonds is 9. The van der Waals surface area contributed by atoms with Crippen molar-refractivity contribution in [1.82, 2.24) is 15.1 Å². The molecule has 7 nitrogen and oxygen atoms in total. The van der Waals surface area contributed by atoms with Gasteiger partial charge in [0.25, 0.3) is 0 Å². The first-order valence-corrected chi connectivity index (χ1v) is 10.2. The maximum Gasteiger partial charge on any atom is 0.249 e. The molecular weight excluding hydrogens is 427 g/mol. The highest BCUT2D eigenvalue weighted by Crippen LogP contribution is 2.28. The van der Waals surface area contributed by atoms with Crippen molar-refractivity contribution in [2.75, 3.05) is 25.5 Å². The van der Waals surface area contributed by atoms with Gasteiger partial charge in [0.05, 0.1) is 35.8 Å². The number of anilines is 1. The van der Waals surface area contributed by atoms with E-state index in [4.69, 9.17) is 32.4 Å². The largest absolute Gasteiger partial charge is 0.495 e. The van der Waals surface area contributed by atoms with E-state index in [1.54, 1.807) is 24.3 Å². The Labute approximate surface area is 184 Å². The minimum absolute atomic E-state index is 0.168. The summed E-state index contributed by atoms with van der Waals surface area (Å²) in [4.78, 5) is 14.4. The number of hydrogen-bond donors (Lipinski definition) is 1. The van der Waals surface area contributed by atoms with E-state index in [0.29, 0.717) is 51.9 Å². The number of methoxy groups -OCH3 is 1. The molecule has 1 heterocycles. The Morgan fingerprint density at radius 2 is 1.97 bits per heavy atom. The predicted octanol–water partition coefficient (Wildman–Crippen LogP) is 4.90. The molecule has 0 spiro atoms. The number of aromatic nitrogens is 2. The van der Waals surface area contributed by atoms with Crippen LogP contribution in [0.3, 0.4) is 0 Å². The normalized spacial score (nSPS) is 11.0. The topological polar surface area (TPSA) is 80.5 Å². The zero-order valence-electron chi connectivity index (χ0n) is 16.7. The number of amides is 1. The molecule has 0 aliphatic carbocycles. The SMILES string of the molecule is CCCN(CC(=O)Nc1ccc(OC)c(Cl)c1)Cc1nnc(-c2ccccc2Cl)o1. The molecular formula is C21H22Cl2N4O3. The van der Waals surface area contributed by atoms with Crippen LogP contribution in [0.1, 0.15) is 19.2 Å². The van der Waals surface area contributed by atoms with Crippen molar-refractivity contribution in [3.63, 3.8) is 0 Å². The standard InChI is InChI=1S/C21H22Cl2N4O3/c1-3-10-27(12-19(28)24-14-8-9-18(29-2)17(23)11-14)13-20-25-26-21(30-20)15-6-4-5-7-16(15)22/h4-9,11H,3,10,12-13H2,1-2H3,(H,24,28). The third kappa shape index (κ3) is 5.72. The zero-order chi connectivity index (χ0) is 21.5. The molecule has 0 aliphatic heterocycles. The third-order valence-corrected chi connectivity index (χ3v) is 4.90. The van der Waals surface area contributed by atoms with E-state index >= 15 is 0 Å². The van der Waals surface area contributed by atoms with Crippen LogP contribution < -0.4 is 10.1 Å². The highest BCUT2D eigenvalue weighted by molar-refractivity contribution is 6.33. The molecule has 0 saturated carbocycles. The van der Waals surface area contributed by atoms with Gasteiger partial charge in [0, 0.05) is 5.69 Å². The maximum absolute atomic E-state index is 12.5. The van der Waals surface area contributed by atoms with E-state index in [-0.39, 0.29) is 12.5 Å². The van der Waals surface area contributed by atoms with Gasteiger partial charge < -0.3 is 14.5 Å². The van der Waals surface area contributed by atoms with E-state index in [1.807, 2.05) is 30.0 Å². The van der Waals surface area contributed by atoms with Crippen molar-refractivity contribution >= 4 is 34.8 Å². The first-order valence-electron chi connectivity index (χ1n) is 9.43. The fourth-order valence-corrected chi connectivity index (χ4v) is 3.40. The molecule has 2 aromatic carbocycles. The van der Waals surface area contributed by atoms with Crippen LogP contribution in [-0.2, 0) is 11.3 Å². The molecule has 0 unspecified atom stereocenters. The Balaban J connectivity index is 1.64. The molecule has 0 fully saturated rings. The molecule has 0 aliphatic rings. The van der Waals surface area contributed by atoms with Crippen LogP contribution in [0.25, 0.3) is 11.5 Å². The van der Waals surface area contributed by atoms with Gasteiger partial charge in [-0.15, -0.1) is 10.2 Å². The predicted molar refractivity (Wildman–Crippen MR) is 117 cm³/mol. The zero-order valence-corrected chi connectivity index (χ0v) is 18.2. The number of nitrogens with zero attached hydrogens (tertiary/aromatic N) is 3. The molecule has 30 heavy (non-hydrogen) atoms. The fourth-order valence-electron chi connectivity index (χ4n) is 2.93. The number of nitrogens with one attached hydrogen (secondary N) is 1. The van der Waals surface area contributed by atoms with Gasteiger partial charge in [-0.25, -0.2) is 0 Å². The number of carbonyl (C=O) groups excluding carboxylic acids is 1. The van der Waals surface area contributed by atoms with Gasteiger partial charge in [-0.05, 0) is 43.3 Å². The van der Waals surface area contributed by atoms with Crippen LogP contribution >= 0.6 is 23.2 Å². The van der Waals surface area contributed by atoms with Crippen molar-refractivity contribution in [1.29, 1.82) is 0 Å². The van der Waals surface area contributed by atoms with Crippen molar-refractivity contribution < 1.29 is 13.9 Å². The molecule has 158 valence electrons. The molecule has 1 N–H and O–H groups in total. The minimum Gasteiger partial charge on any atom is -0.495 e. The molecule has 0 radical (unpaired) electrons. The summed E-state index contributed by atoms with van der Waals surface area (Å²) >= 11 is 12.3. The maximum atomic E-state index is 12.5. The molecule has 3 rings (SSSR count). The lowest BCUT2D eigenvalue weighted by molar-refractivity contribution is -0.117. The van der Waals surface area contributed by atoms with Crippen molar-refractivity contribution in [2.24, 2.45) is 0 Å². The van der Waals surface area contributed by atoms with E-state index < -0.39 is 0 Å². The van der Waals surface area contributed by atoms with Gasteiger partial charge in [0.1, 0.15) is 5.75 Å². The van der Waals surface area contributed by atoms with Crippen molar-refractivity contribution in [2.45, 2.75) is 19.9 Å². The lowest BCUT2D eigenvalue weighted by Crippen LogP contribution is -2.33. The van der Waals surface area contributed by atoms with Crippen LogP contribution in [0.2, 0.25) is 10.0 Å². The summed E-state index contributed by atoms with van der Waals surface area (Å²) in [6.45, 7) is 3.25. The molecule has 0 bridgehead atoms. The Kier molecular flexibility index (Phi) is 7.68. The molecule has 0 saturated heterocycles. The highest BCUT2D eigenvalue weighted by Gasteiger charge is 2.17. The molecule has 9 heteroatoms. The quantitative estimate of drug-likeness (QED) is 0.501. The van der Waals surface area contributed by atoms with Crippen LogP contribution in [0, 0.1) is 0 Å². The van der Waals surface area contributed by atoms with Crippen LogP contribution in [-0.4, -0.2) is 41.2 Å². The van der Waals surface area contributed by atoms with E-state index in [1.165, 1.54) is 7.11 Å². The number of hydrogen-bond acceptors (Lipinski definition) is 6. The summed E-state index contributed by atoms with van der Waals surface area (Å²) < 4.78 is 10.9. The molecule has 1 amide bonds. The van der Waals surface area contributed by atoms with Gasteiger partial charge in [-0.2, -0.15) is 0 Å². The molecule has 0 atom stereocenters. The second kappa shape index (κ2) is 10.4. The smallest absolute Gasteiger partial charge is 0.249 e. The number of carbonyl (C=O) groups is 1. The Morgan fingerprint density at radius 1 is 1.17 bits per heavy atom. The lowest BCUT2D eigenvalue weighted by atomic mass is 10.2. The first-order chi connectivity index (χ1) is 14.5. The van der Waals surface area contributed by atoms with Crippen LogP contribution in [0.4, 0.5) is 5.69 Å². The molecule has 3 aromatic rings. The second-order valence-corrected chi connectivity index (χ2v) is 7.40. The van der Waals surface area contributed by atoms with E-state index in [0.717, 1.165) is 6.42 Å². The van der Waals surface area contributed by atoms with Crippen LogP contribution in [0.15, 0.2) is 46.9 Å². The van der Waals surface area contributed by atoms with Gasteiger partial charge in [0.2, 0.25) is 17.7 Å². The first kappa shape index (κ1) is 22.1. The summed E-state index contributed by atoms with van der Waals surface area (Å²) in [7, 11) is 1.54. The van der Waals surface area contributed by atoms with Gasteiger partial charge in [0.15, 0.2) is 0 Å². The third-order valence-electron chi connectivity index (χ3n) is 4.27. The van der Waals surface area contributed by atoms with E-state index in [9.17, 15) is 4.79 Å². The summed E-state index contributed by atoms with van der Waals surface area (Å²) in [5.74, 6) is 1.14. The highest BCUT2D eigenvalue weighted by atomic mass is 35.5. The average Bonchev–Trinajstić information content (AvgIpc) is 3.17. The van der Waals surface area contributed by atoms with Crippen molar-refractivity contribution in [3.8, 4) is 17.2 Å². The van der Waals surface area contributed by atoms with E-state index in [2.05, 4.69) is 15.5 Å². The monoisotopic (exact) mass is 448 g/mol. The van der Waals surface area contributed by atoms with Gasteiger partial charge >= 0.3 is 0 Å². The number of ether oxygens (including phenoxy) is 1.